The highest BCUT2D eigenvalue weighted by atomic mass is 32.1. The van der Waals surface area contributed by atoms with Gasteiger partial charge in [-0.25, -0.2) is 4.79 Å². The lowest BCUT2D eigenvalue weighted by Crippen LogP contribution is -2.34. The third kappa shape index (κ3) is 5.48. The zero-order chi connectivity index (χ0) is 28.3. The maximum Gasteiger partial charge on any atom is 0.340 e. The van der Waals surface area contributed by atoms with Crippen LogP contribution in [-0.4, -0.2) is 34.4 Å². The van der Waals surface area contributed by atoms with Crippen molar-refractivity contribution in [3.8, 4) is 6.07 Å². The molecule has 3 heterocycles. The maximum absolute atomic E-state index is 13.9. The number of aromatic nitrogens is 1. The molecule has 208 valence electrons. The number of amides is 1. The van der Waals surface area contributed by atoms with Crippen molar-refractivity contribution in [2.24, 2.45) is 0 Å². The van der Waals surface area contributed by atoms with E-state index >= 15 is 0 Å². The van der Waals surface area contributed by atoms with Crippen LogP contribution in [0.2, 0.25) is 0 Å². The van der Waals surface area contributed by atoms with Crippen LogP contribution in [0.1, 0.15) is 69.4 Å². The molecule has 0 saturated carbocycles. The number of fused-ring (bicyclic) bond motifs is 3. The molecule has 41 heavy (non-hydrogen) atoms. The van der Waals surface area contributed by atoms with Gasteiger partial charge >= 0.3 is 5.97 Å². The Kier molecular flexibility index (Phi) is 7.82. The molecule has 2 aliphatic rings. The van der Waals surface area contributed by atoms with Gasteiger partial charge in [-0.2, -0.15) is 5.26 Å². The molecule has 2 aromatic carbocycles. The second kappa shape index (κ2) is 11.8. The van der Waals surface area contributed by atoms with Crippen LogP contribution >= 0.6 is 11.3 Å². The Hall–Kier alpha value is -4.06. The minimum atomic E-state index is -0.986. The van der Waals surface area contributed by atoms with Crippen molar-refractivity contribution < 1.29 is 14.3 Å². The SMILES string of the molecule is CCC(OC(=O)c1c2c(nc3ccccc13)CCN(Cc1ccccc1)C2)C(=O)Nc1sc2c(c1C#N)CCCC2. The van der Waals surface area contributed by atoms with E-state index in [1.165, 1.54) is 21.8 Å². The zero-order valence-corrected chi connectivity index (χ0v) is 23.9. The number of pyridine rings is 1. The molecule has 0 saturated heterocycles. The fraction of sp³-hybridized carbons (Fsp3) is 0.333. The van der Waals surface area contributed by atoms with Crippen molar-refractivity contribution in [3.05, 3.63) is 93.0 Å². The molecule has 1 unspecified atom stereocenters. The molecule has 1 amide bonds. The fourth-order valence-corrected chi connectivity index (χ4v) is 7.17. The topological polar surface area (TPSA) is 95.3 Å². The molecular weight excluding hydrogens is 532 g/mol. The average Bonchev–Trinajstić information content (AvgIpc) is 3.35. The summed E-state index contributed by atoms with van der Waals surface area (Å²) in [4.78, 5) is 35.7. The molecule has 0 spiro atoms. The van der Waals surface area contributed by atoms with Crippen molar-refractivity contribution in [2.75, 3.05) is 11.9 Å². The Bertz CT molecular complexity index is 1660. The summed E-state index contributed by atoms with van der Waals surface area (Å²) in [6, 6.07) is 20.2. The molecule has 6 rings (SSSR count). The number of aryl methyl sites for hydroxylation is 1. The van der Waals surface area contributed by atoms with E-state index in [0.717, 1.165) is 72.9 Å². The van der Waals surface area contributed by atoms with Gasteiger partial charge in [-0.3, -0.25) is 14.7 Å². The first kappa shape index (κ1) is 27.1. The first-order valence-corrected chi connectivity index (χ1v) is 15.1. The molecule has 4 aromatic rings. The largest absolute Gasteiger partial charge is 0.449 e. The van der Waals surface area contributed by atoms with E-state index in [1.54, 1.807) is 0 Å². The van der Waals surface area contributed by atoms with Crippen molar-refractivity contribution in [1.29, 1.82) is 5.26 Å². The number of ether oxygens (including phenoxy) is 1. The van der Waals surface area contributed by atoms with Gasteiger partial charge in [-0.1, -0.05) is 55.5 Å². The summed E-state index contributed by atoms with van der Waals surface area (Å²) in [5.41, 5.74) is 5.81. The van der Waals surface area contributed by atoms with Gasteiger partial charge in [0.2, 0.25) is 0 Å². The first-order valence-electron chi connectivity index (χ1n) is 14.3. The predicted molar refractivity (Wildman–Crippen MR) is 160 cm³/mol. The third-order valence-electron chi connectivity index (χ3n) is 8.01. The lowest BCUT2D eigenvalue weighted by molar-refractivity contribution is -0.124. The molecular formula is C33H32N4O3S. The van der Waals surface area contributed by atoms with E-state index in [-0.39, 0.29) is 0 Å². The van der Waals surface area contributed by atoms with Crippen LogP contribution in [0.25, 0.3) is 10.9 Å². The number of hydrogen-bond acceptors (Lipinski definition) is 7. The second-order valence-electron chi connectivity index (χ2n) is 10.7. The molecule has 0 radical (unpaired) electrons. The number of carbonyl (C=O) groups is 2. The van der Waals surface area contributed by atoms with E-state index in [1.807, 2.05) is 49.4 Å². The highest BCUT2D eigenvalue weighted by Crippen LogP contribution is 2.38. The number of benzene rings is 2. The van der Waals surface area contributed by atoms with Gasteiger partial charge in [0, 0.05) is 47.6 Å². The quantitative estimate of drug-likeness (QED) is 0.270. The lowest BCUT2D eigenvalue weighted by Gasteiger charge is -2.30. The van der Waals surface area contributed by atoms with Crippen molar-refractivity contribution in [2.45, 2.75) is 64.6 Å². The van der Waals surface area contributed by atoms with Crippen LogP contribution in [0.15, 0.2) is 54.6 Å². The van der Waals surface area contributed by atoms with Crippen molar-refractivity contribution in [3.63, 3.8) is 0 Å². The molecule has 8 heteroatoms. The summed E-state index contributed by atoms with van der Waals surface area (Å²) in [7, 11) is 0. The minimum Gasteiger partial charge on any atom is -0.449 e. The Morgan fingerprint density at radius 3 is 2.66 bits per heavy atom. The number of hydrogen-bond donors (Lipinski definition) is 1. The summed E-state index contributed by atoms with van der Waals surface area (Å²) in [5.74, 6) is -0.928. The Morgan fingerprint density at radius 1 is 1.07 bits per heavy atom. The number of carbonyl (C=O) groups excluding carboxylic acids is 2. The third-order valence-corrected chi connectivity index (χ3v) is 9.22. The maximum atomic E-state index is 13.9. The molecule has 0 bridgehead atoms. The van der Waals surface area contributed by atoms with E-state index in [0.29, 0.717) is 29.1 Å². The van der Waals surface area contributed by atoms with Gasteiger partial charge < -0.3 is 10.1 Å². The van der Waals surface area contributed by atoms with Gasteiger partial charge in [0.05, 0.1) is 16.6 Å². The number of esters is 1. The van der Waals surface area contributed by atoms with E-state index < -0.39 is 18.0 Å². The van der Waals surface area contributed by atoms with Gasteiger partial charge in [0.25, 0.3) is 5.91 Å². The van der Waals surface area contributed by atoms with Crippen LogP contribution in [0.5, 0.6) is 0 Å². The summed E-state index contributed by atoms with van der Waals surface area (Å²) in [6.07, 6.45) is 3.99. The second-order valence-corrected chi connectivity index (χ2v) is 11.8. The molecule has 0 fully saturated rings. The van der Waals surface area contributed by atoms with Crippen LogP contribution in [-0.2, 0) is 41.9 Å². The van der Waals surface area contributed by atoms with Crippen molar-refractivity contribution >= 4 is 39.1 Å². The molecule has 2 aromatic heterocycles. The highest BCUT2D eigenvalue weighted by Gasteiger charge is 2.31. The predicted octanol–water partition coefficient (Wildman–Crippen LogP) is 6.18. The monoisotopic (exact) mass is 564 g/mol. The standard InChI is InChI=1S/C33H32N4O3S/c1-2-28(31(38)36-32-24(18-34)22-12-7-9-15-29(22)41-32)40-33(39)30-23-13-6-8-14-26(23)35-27-16-17-37(20-25(27)30)19-21-10-4-3-5-11-21/h3-6,8,10-11,13-14,28H,2,7,9,12,15-17,19-20H2,1H3,(H,36,38). The number of nitriles is 1. The van der Waals surface area contributed by atoms with Crippen LogP contribution in [0, 0.1) is 11.3 Å². The van der Waals surface area contributed by atoms with Gasteiger partial charge in [0.15, 0.2) is 6.10 Å². The summed E-state index contributed by atoms with van der Waals surface area (Å²) in [5, 5.41) is 14.0. The van der Waals surface area contributed by atoms with Crippen LogP contribution in [0.3, 0.4) is 0 Å². The van der Waals surface area contributed by atoms with E-state index in [2.05, 4.69) is 28.4 Å². The van der Waals surface area contributed by atoms with Crippen LogP contribution in [0.4, 0.5) is 5.00 Å². The van der Waals surface area contributed by atoms with Gasteiger partial charge in [-0.05, 0) is 49.3 Å². The molecule has 1 aliphatic heterocycles. The van der Waals surface area contributed by atoms with Gasteiger partial charge in [0.1, 0.15) is 11.1 Å². The molecule has 1 N–H and O–H groups in total. The number of rotatable bonds is 7. The highest BCUT2D eigenvalue weighted by molar-refractivity contribution is 7.16. The molecule has 7 nitrogen and oxygen atoms in total. The Morgan fingerprint density at radius 2 is 1.85 bits per heavy atom. The number of anilines is 1. The molecule has 1 atom stereocenters. The molecule has 1 aliphatic carbocycles. The Balaban J connectivity index is 1.27. The Labute approximate surface area is 243 Å². The van der Waals surface area contributed by atoms with Gasteiger partial charge in [-0.15, -0.1) is 11.3 Å². The normalized spacial score (nSPS) is 15.4. The summed E-state index contributed by atoms with van der Waals surface area (Å²) in [6.45, 7) is 4.01. The number of para-hydroxylation sites is 1. The number of thiophene rings is 1. The van der Waals surface area contributed by atoms with E-state index in [4.69, 9.17) is 9.72 Å². The summed E-state index contributed by atoms with van der Waals surface area (Å²) < 4.78 is 5.95. The fourth-order valence-electron chi connectivity index (χ4n) is 5.93. The minimum absolute atomic E-state index is 0.315. The lowest BCUT2D eigenvalue weighted by atomic mass is 9.95. The van der Waals surface area contributed by atoms with Crippen LogP contribution < -0.4 is 5.32 Å². The summed E-state index contributed by atoms with van der Waals surface area (Å²) >= 11 is 1.47. The van der Waals surface area contributed by atoms with E-state index in [9.17, 15) is 14.9 Å². The first-order chi connectivity index (χ1) is 20.1. The average molecular weight is 565 g/mol. The smallest absolute Gasteiger partial charge is 0.340 e. The number of nitrogens with zero attached hydrogens (tertiary/aromatic N) is 3. The van der Waals surface area contributed by atoms with Crippen molar-refractivity contribution in [1.82, 2.24) is 9.88 Å². The zero-order valence-electron chi connectivity index (χ0n) is 23.1. The number of nitrogens with one attached hydrogen (secondary N) is 1.